The lowest BCUT2D eigenvalue weighted by atomic mass is 10.0. The maximum absolute atomic E-state index is 12.1. The molecule has 1 aliphatic rings. The molecule has 0 amide bonds. The van der Waals surface area contributed by atoms with Gasteiger partial charge < -0.3 is 13.9 Å². The van der Waals surface area contributed by atoms with Crippen LogP contribution in [0.5, 0.6) is 5.88 Å². The summed E-state index contributed by atoms with van der Waals surface area (Å²) in [5.41, 5.74) is 0.669. The zero-order valence-electron chi connectivity index (χ0n) is 11.2. The molecule has 2 aromatic rings. The van der Waals surface area contributed by atoms with Crippen molar-refractivity contribution >= 4 is 0 Å². The van der Waals surface area contributed by atoms with Gasteiger partial charge in [0.25, 0.3) is 0 Å². The highest BCUT2D eigenvalue weighted by molar-refractivity contribution is 5.55. The molecule has 0 aliphatic carbocycles. The second-order valence-electron chi connectivity index (χ2n) is 4.71. The molecule has 3 heterocycles. The Morgan fingerprint density at radius 2 is 1.95 bits per heavy atom. The van der Waals surface area contributed by atoms with Crippen molar-refractivity contribution in [2.45, 2.75) is 25.4 Å². The van der Waals surface area contributed by atoms with Crippen molar-refractivity contribution in [3.05, 3.63) is 30.4 Å². The number of alkyl halides is 2. The quantitative estimate of drug-likeness (QED) is 0.867. The highest BCUT2D eigenvalue weighted by Crippen LogP contribution is 2.29. The van der Waals surface area contributed by atoms with Crippen molar-refractivity contribution < 1.29 is 22.7 Å². The first-order valence-corrected chi connectivity index (χ1v) is 6.67. The number of nitrogens with zero attached hydrogens (tertiary/aromatic N) is 2. The van der Waals surface area contributed by atoms with Gasteiger partial charge in [-0.1, -0.05) is 0 Å². The fourth-order valence-corrected chi connectivity index (χ4v) is 2.24. The van der Waals surface area contributed by atoms with Gasteiger partial charge in [-0.15, -0.1) is 0 Å². The van der Waals surface area contributed by atoms with Crippen LogP contribution >= 0.6 is 0 Å². The van der Waals surface area contributed by atoms with E-state index in [0.29, 0.717) is 30.4 Å². The van der Waals surface area contributed by atoms with Gasteiger partial charge in [0.1, 0.15) is 0 Å². The van der Waals surface area contributed by atoms with Crippen LogP contribution in [0.15, 0.2) is 28.9 Å². The van der Waals surface area contributed by atoms with E-state index in [9.17, 15) is 8.78 Å². The average molecular weight is 296 g/mol. The molecule has 1 aliphatic heterocycles. The summed E-state index contributed by atoms with van der Waals surface area (Å²) in [5, 5.41) is 0. The third kappa shape index (κ3) is 3.36. The second-order valence-corrected chi connectivity index (χ2v) is 4.71. The molecule has 21 heavy (non-hydrogen) atoms. The molecular weight excluding hydrogens is 282 g/mol. The summed E-state index contributed by atoms with van der Waals surface area (Å²) < 4.78 is 39.3. The predicted octanol–water partition coefficient (Wildman–Crippen LogP) is 3.23. The van der Waals surface area contributed by atoms with Crippen molar-refractivity contribution in [3.8, 4) is 17.2 Å². The number of hydrogen-bond donors (Lipinski definition) is 0. The first kappa shape index (κ1) is 13.9. The standard InChI is InChI=1S/C14H14F2N2O3/c15-14(16)21-12-2-1-10(7-17-12)11-8-18-13(20-11)9-3-5-19-6-4-9/h1-2,7-9,14H,3-6H2. The van der Waals surface area contributed by atoms with Gasteiger partial charge in [-0.3, -0.25) is 0 Å². The molecule has 3 rings (SSSR count). The van der Waals surface area contributed by atoms with Crippen LogP contribution < -0.4 is 4.74 Å². The van der Waals surface area contributed by atoms with Gasteiger partial charge in [-0.2, -0.15) is 8.78 Å². The van der Waals surface area contributed by atoms with Gasteiger partial charge in [0.15, 0.2) is 11.7 Å². The van der Waals surface area contributed by atoms with Crippen molar-refractivity contribution in [2.75, 3.05) is 13.2 Å². The van der Waals surface area contributed by atoms with Gasteiger partial charge in [-0.25, -0.2) is 9.97 Å². The van der Waals surface area contributed by atoms with Gasteiger partial charge in [-0.05, 0) is 18.9 Å². The molecule has 0 N–H and O–H groups in total. The number of aromatic nitrogens is 2. The zero-order chi connectivity index (χ0) is 14.7. The van der Waals surface area contributed by atoms with Crippen LogP contribution in [0.25, 0.3) is 11.3 Å². The van der Waals surface area contributed by atoms with E-state index >= 15 is 0 Å². The molecule has 0 radical (unpaired) electrons. The lowest BCUT2D eigenvalue weighted by Crippen LogP contribution is -2.14. The molecule has 1 saturated heterocycles. The summed E-state index contributed by atoms with van der Waals surface area (Å²) in [7, 11) is 0. The predicted molar refractivity (Wildman–Crippen MR) is 69.2 cm³/mol. The Morgan fingerprint density at radius 3 is 2.62 bits per heavy atom. The van der Waals surface area contributed by atoms with E-state index in [2.05, 4.69) is 14.7 Å². The van der Waals surface area contributed by atoms with Gasteiger partial charge in [0.05, 0.1) is 6.20 Å². The normalized spacial score (nSPS) is 16.3. The van der Waals surface area contributed by atoms with E-state index < -0.39 is 6.61 Å². The third-order valence-electron chi connectivity index (χ3n) is 3.32. The van der Waals surface area contributed by atoms with E-state index in [1.54, 1.807) is 12.3 Å². The van der Waals surface area contributed by atoms with Crippen LogP contribution in [0.2, 0.25) is 0 Å². The molecule has 7 heteroatoms. The van der Waals surface area contributed by atoms with Gasteiger partial charge in [0.2, 0.25) is 5.88 Å². The Balaban J connectivity index is 1.73. The van der Waals surface area contributed by atoms with Crippen molar-refractivity contribution in [2.24, 2.45) is 0 Å². The lowest BCUT2D eigenvalue weighted by Gasteiger charge is -2.18. The summed E-state index contributed by atoms with van der Waals surface area (Å²) in [4.78, 5) is 8.09. The highest BCUT2D eigenvalue weighted by Gasteiger charge is 2.21. The molecule has 0 saturated carbocycles. The lowest BCUT2D eigenvalue weighted by molar-refractivity contribution is -0.0528. The van der Waals surface area contributed by atoms with E-state index in [-0.39, 0.29) is 11.8 Å². The maximum Gasteiger partial charge on any atom is 0.388 e. The zero-order valence-corrected chi connectivity index (χ0v) is 11.2. The summed E-state index contributed by atoms with van der Waals surface area (Å²) in [6.45, 7) is -1.46. The SMILES string of the molecule is FC(F)Oc1ccc(-c2cnc(C3CCOCC3)o2)cn1. The number of hydrogen-bond acceptors (Lipinski definition) is 5. The fraction of sp³-hybridized carbons (Fsp3) is 0.429. The first-order chi connectivity index (χ1) is 10.2. The molecular formula is C14H14F2N2O3. The summed E-state index contributed by atoms with van der Waals surface area (Å²) >= 11 is 0. The molecule has 5 nitrogen and oxygen atoms in total. The third-order valence-corrected chi connectivity index (χ3v) is 3.32. The van der Waals surface area contributed by atoms with Crippen LogP contribution in [0.1, 0.15) is 24.7 Å². The maximum atomic E-state index is 12.1. The van der Waals surface area contributed by atoms with Crippen LogP contribution in [0.3, 0.4) is 0 Å². The minimum absolute atomic E-state index is 0.127. The molecule has 1 fully saturated rings. The summed E-state index contributed by atoms with van der Waals surface area (Å²) in [6.07, 6.45) is 4.82. The highest BCUT2D eigenvalue weighted by atomic mass is 19.3. The van der Waals surface area contributed by atoms with E-state index in [0.717, 1.165) is 12.8 Å². The molecule has 2 aromatic heterocycles. The van der Waals surface area contributed by atoms with Crippen molar-refractivity contribution in [3.63, 3.8) is 0 Å². The number of rotatable bonds is 4. The average Bonchev–Trinajstić information content (AvgIpc) is 2.98. The Kier molecular flexibility index (Phi) is 4.10. The van der Waals surface area contributed by atoms with Crippen LogP contribution in [0.4, 0.5) is 8.78 Å². The molecule has 0 aromatic carbocycles. The Bertz CT molecular complexity index is 580. The van der Waals surface area contributed by atoms with Crippen LogP contribution in [-0.4, -0.2) is 29.8 Å². The Morgan fingerprint density at radius 1 is 1.14 bits per heavy atom. The summed E-state index contributed by atoms with van der Waals surface area (Å²) in [6, 6.07) is 2.98. The van der Waals surface area contributed by atoms with Gasteiger partial charge >= 0.3 is 6.61 Å². The van der Waals surface area contributed by atoms with Crippen molar-refractivity contribution in [1.29, 1.82) is 0 Å². The Labute approximate surface area is 119 Å². The molecule has 0 atom stereocenters. The summed E-state index contributed by atoms with van der Waals surface area (Å²) in [5.74, 6) is 1.38. The smallest absolute Gasteiger partial charge is 0.388 e. The molecule has 112 valence electrons. The molecule has 0 spiro atoms. The van der Waals surface area contributed by atoms with Gasteiger partial charge in [0, 0.05) is 37.0 Å². The van der Waals surface area contributed by atoms with Crippen molar-refractivity contribution in [1.82, 2.24) is 9.97 Å². The first-order valence-electron chi connectivity index (χ1n) is 6.67. The minimum Gasteiger partial charge on any atom is -0.440 e. The Hall–Kier alpha value is -2.02. The van der Waals surface area contributed by atoms with E-state index in [1.807, 2.05) is 0 Å². The molecule has 0 bridgehead atoms. The topological polar surface area (TPSA) is 57.4 Å². The van der Waals surface area contributed by atoms with E-state index in [4.69, 9.17) is 9.15 Å². The monoisotopic (exact) mass is 296 g/mol. The number of ether oxygens (including phenoxy) is 2. The second kappa shape index (κ2) is 6.17. The van der Waals surface area contributed by atoms with E-state index in [1.165, 1.54) is 12.3 Å². The van der Waals surface area contributed by atoms with Crippen LogP contribution in [0, 0.1) is 0 Å². The molecule has 0 unspecified atom stereocenters. The van der Waals surface area contributed by atoms with Crippen LogP contribution in [-0.2, 0) is 4.74 Å². The number of oxazole rings is 1. The number of halogens is 2. The largest absolute Gasteiger partial charge is 0.440 e. The number of pyridine rings is 1. The fourth-order valence-electron chi connectivity index (χ4n) is 2.24. The minimum atomic E-state index is -2.88.